The Morgan fingerprint density at radius 3 is 3.31 bits per heavy atom. The standard InChI is InChI=1S/C9H10N2O2/c1-13-9(12)8-4-7-6(5-11-8)2-3-10-7/h4-5,10H,2-3H2,1H3. The van der Waals surface area contributed by atoms with Crippen molar-refractivity contribution in [3.8, 4) is 0 Å². The third-order valence-corrected chi connectivity index (χ3v) is 2.09. The van der Waals surface area contributed by atoms with Crippen LogP contribution in [-0.2, 0) is 11.2 Å². The van der Waals surface area contributed by atoms with Crippen molar-refractivity contribution in [3.63, 3.8) is 0 Å². The zero-order valence-corrected chi connectivity index (χ0v) is 7.33. The van der Waals surface area contributed by atoms with E-state index in [1.807, 2.05) is 0 Å². The molecule has 0 amide bonds. The van der Waals surface area contributed by atoms with Gasteiger partial charge in [0.05, 0.1) is 7.11 Å². The summed E-state index contributed by atoms with van der Waals surface area (Å²) in [7, 11) is 1.35. The van der Waals surface area contributed by atoms with Gasteiger partial charge < -0.3 is 10.1 Å². The molecule has 4 nitrogen and oxygen atoms in total. The third-order valence-electron chi connectivity index (χ3n) is 2.09. The van der Waals surface area contributed by atoms with Crippen molar-refractivity contribution in [3.05, 3.63) is 23.5 Å². The van der Waals surface area contributed by atoms with Gasteiger partial charge in [0.1, 0.15) is 5.69 Å². The molecule has 0 saturated carbocycles. The number of hydrogen-bond donors (Lipinski definition) is 1. The fourth-order valence-electron chi connectivity index (χ4n) is 1.40. The number of methoxy groups -OCH3 is 1. The van der Waals surface area contributed by atoms with E-state index in [2.05, 4.69) is 15.0 Å². The quantitative estimate of drug-likeness (QED) is 0.647. The smallest absolute Gasteiger partial charge is 0.356 e. The number of pyridine rings is 1. The lowest BCUT2D eigenvalue weighted by Gasteiger charge is -2.01. The highest BCUT2D eigenvalue weighted by Gasteiger charge is 2.14. The SMILES string of the molecule is COC(=O)c1cc2c(cn1)CCN2. The fourth-order valence-corrected chi connectivity index (χ4v) is 1.40. The van der Waals surface area contributed by atoms with Gasteiger partial charge in [0.25, 0.3) is 0 Å². The zero-order chi connectivity index (χ0) is 9.26. The Morgan fingerprint density at radius 2 is 2.54 bits per heavy atom. The first-order valence-electron chi connectivity index (χ1n) is 4.12. The van der Waals surface area contributed by atoms with Crippen molar-refractivity contribution >= 4 is 11.7 Å². The fraction of sp³-hybridized carbons (Fsp3) is 0.333. The lowest BCUT2D eigenvalue weighted by atomic mass is 10.2. The molecular formula is C9H10N2O2. The van der Waals surface area contributed by atoms with Crippen LogP contribution in [0.2, 0.25) is 0 Å². The van der Waals surface area contributed by atoms with E-state index in [9.17, 15) is 4.79 Å². The lowest BCUT2D eigenvalue weighted by Crippen LogP contribution is -2.04. The highest BCUT2D eigenvalue weighted by atomic mass is 16.5. The Hall–Kier alpha value is -1.58. The maximum absolute atomic E-state index is 11.1. The van der Waals surface area contributed by atoms with Crippen LogP contribution >= 0.6 is 0 Å². The van der Waals surface area contributed by atoms with Gasteiger partial charge in [0.2, 0.25) is 0 Å². The largest absolute Gasteiger partial charge is 0.464 e. The van der Waals surface area contributed by atoms with Gasteiger partial charge in [-0.1, -0.05) is 0 Å². The number of nitrogens with zero attached hydrogens (tertiary/aromatic N) is 1. The number of aromatic nitrogens is 1. The van der Waals surface area contributed by atoms with Crippen LogP contribution in [0.3, 0.4) is 0 Å². The molecule has 0 bridgehead atoms. The molecule has 0 aromatic carbocycles. The number of rotatable bonds is 1. The molecule has 4 heteroatoms. The summed E-state index contributed by atoms with van der Waals surface area (Å²) in [6, 6.07) is 1.73. The predicted octanol–water partition coefficient (Wildman–Crippen LogP) is 0.836. The summed E-state index contributed by atoms with van der Waals surface area (Å²) in [5.74, 6) is -0.392. The number of esters is 1. The maximum Gasteiger partial charge on any atom is 0.356 e. The summed E-state index contributed by atoms with van der Waals surface area (Å²) < 4.78 is 4.57. The van der Waals surface area contributed by atoms with E-state index in [1.165, 1.54) is 7.11 Å². The summed E-state index contributed by atoms with van der Waals surface area (Å²) in [4.78, 5) is 15.1. The Kier molecular flexibility index (Phi) is 1.88. The van der Waals surface area contributed by atoms with Gasteiger partial charge in [0.15, 0.2) is 0 Å². The number of anilines is 1. The average Bonchev–Trinajstić information content (AvgIpc) is 2.63. The van der Waals surface area contributed by atoms with Crippen molar-refractivity contribution < 1.29 is 9.53 Å². The van der Waals surface area contributed by atoms with Gasteiger partial charge in [-0.15, -0.1) is 0 Å². The molecule has 1 N–H and O–H groups in total. The first-order valence-corrected chi connectivity index (χ1v) is 4.12. The molecule has 0 atom stereocenters. The number of carbonyl (C=O) groups excluding carboxylic acids is 1. The molecule has 0 radical (unpaired) electrons. The van der Waals surface area contributed by atoms with E-state index in [-0.39, 0.29) is 0 Å². The second-order valence-electron chi connectivity index (χ2n) is 2.90. The van der Waals surface area contributed by atoms with E-state index in [0.717, 1.165) is 24.2 Å². The molecule has 1 aromatic rings. The normalized spacial score (nSPS) is 13.3. The van der Waals surface area contributed by atoms with Crippen LogP contribution in [0, 0.1) is 0 Å². The van der Waals surface area contributed by atoms with Gasteiger partial charge in [0, 0.05) is 18.4 Å². The van der Waals surface area contributed by atoms with Crippen molar-refractivity contribution in [2.24, 2.45) is 0 Å². The highest BCUT2D eigenvalue weighted by molar-refractivity contribution is 5.88. The molecular weight excluding hydrogens is 168 g/mol. The first kappa shape index (κ1) is 8.04. The molecule has 1 aliphatic rings. The van der Waals surface area contributed by atoms with E-state index in [0.29, 0.717) is 5.69 Å². The molecule has 0 aliphatic carbocycles. The summed E-state index contributed by atoms with van der Waals surface area (Å²) in [6.07, 6.45) is 2.70. The van der Waals surface area contributed by atoms with Crippen molar-refractivity contribution in [1.82, 2.24) is 4.98 Å². The summed E-state index contributed by atoms with van der Waals surface area (Å²) >= 11 is 0. The van der Waals surface area contributed by atoms with Crippen LogP contribution < -0.4 is 5.32 Å². The molecule has 2 heterocycles. The molecule has 1 aliphatic heterocycles. The molecule has 1 aromatic heterocycles. The Balaban J connectivity index is 2.36. The number of carbonyl (C=O) groups is 1. The topological polar surface area (TPSA) is 51.2 Å². The number of hydrogen-bond acceptors (Lipinski definition) is 4. The second kappa shape index (κ2) is 3.05. The van der Waals surface area contributed by atoms with Crippen molar-refractivity contribution in [2.45, 2.75) is 6.42 Å². The molecule has 0 spiro atoms. The number of fused-ring (bicyclic) bond motifs is 1. The summed E-state index contributed by atoms with van der Waals surface area (Å²) in [5.41, 5.74) is 2.51. The van der Waals surface area contributed by atoms with Crippen LogP contribution in [0.1, 0.15) is 16.1 Å². The van der Waals surface area contributed by atoms with Crippen molar-refractivity contribution in [1.29, 1.82) is 0 Å². The van der Waals surface area contributed by atoms with Crippen LogP contribution in [0.5, 0.6) is 0 Å². The molecule has 0 saturated heterocycles. The summed E-state index contributed by atoms with van der Waals surface area (Å²) in [5, 5.41) is 3.17. The lowest BCUT2D eigenvalue weighted by molar-refractivity contribution is 0.0594. The van der Waals surface area contributed by atoms with Crippen LogP contribution in [-0.4, -0.2) is 24.6 Å². The van der Waals surface area contributed by atoms with Gasteiger partial charge >= 0.3 is 5.97 Å². The molecule has 13 heavy (non-hydrogen) atoms. The zero-order valence-electron chi connectivity index (χ0n) is 7.33. The predicted molar refractivity (Wildman–Crippen MR) is 47.8 cm³/mol. The monoisotopic (exact) mass is 178 g/mol. The van der Waals surface area contributed by atoms with Gasteiger partial charge in [-0.2, -0.15) is 0 Å². The third kappa shape index (κ3) is 1.35. The molecule has 2 rings (SSSR count). The number of ether oxygens (including phenoxy) is 1. The summed E-state index contributed by atoms with van der Waals surface area (Å²) in [6.45, 7) is 0.918. The molecule has 0 unspecified atom stereocenters. The van der Waals surface area contributed by atoms with Gasteiger partial charge in [-0.3, -0.25) is 0 Å². The Labute approximate surface area is 75.9 Å². The van der Waals surface area contributed by atoms with E-state index in [1.54, 1.807) is 12.3 Å². The number of nitrogens with one attached hydrogen (secondary N) is 1. The van der Waals surface area contributed by atoms with Crippen LogP contribution in [0.4, 0.5) is 5.69 Å². The van der Waals surface area contributed by atoms with Gasteiger partial charge in [-0.05, 0) is 18.1 Å². The second-order valence-corrected chi connectivity index (χ2v) is 2.90. The van der Waals surface area contributed by atoms with Crippen molar-refractivity contribution in [2.75, 3.05) is 19.0 Å². The van der Waals surface area contributed by atoms with Crippen LogP contribution in [0.15, 0.2) is 12.3 Å². The Morgan fingerprint density at radius 1 is 1.69 bits per heavy atom. The van der Waals surface area contributed by atoms with E-state index >= 15 is 0 Å². The van der Waals surface area contributed by atoms with E-state index < -0.39 is 5.97 Å². The first-order chi connectivity index (χ1) is 6.31. The minimum atomic E-state index is -0.392. The molecule has 68 valence electrons. The molecule has 0 fully saturated rings. The average molecular weight is 178 g/mol. The van der Waals surface area contributed by atoms with Crippen LogP contribution in [0.25, 0.3) is 0 Å². The van der Waals surface area contributed by atoms with E-state index in [4.69, 9.17) is 0 Å². The minimum Gasteiger partial charge on any atom is -0.464 e. The van der Waals surface area contributed by atoms with Gasteiger partial charge in [-0.25, -0.2) is 9.78 Å². The highest BCUT2D eigenvalue weighted by Crippen LogP contribution is 2.21. The maximum atomic E-state index is 11.1. The Bertz CT molecular complexity index is 349. The minimum absolute atomic E-state index is 0.357.